The molecule has 1 heterocycles. The van der Waals surface area contributed by atoms with Gasteiger partial charge in [0, 0.05) is 31.8 Å². The Bertz CT molecular complexity index is 212. The van der Waals surface area contributed by atoms with Crippen LogP contribution in [-0.4, -0.2) is 49.3 Å². The summed E-state index contributed by atoms with van der Waals surface area (Å²) in [5.74, 6) is 0. The van der Waals surface area contributed by atoms with Gasteiger partial charge in [0.15, 0.2) is 0 Å². The summed E-state index contributed by atoms with van der Waals surface area (Å²) in [6.07, 6.45) is 7.03. The third-order valence-corrected chi connectivity index (χ3v) is 3.96. The summed E-state index contributed by atoms with van der Waals surface area (Å²) >= 11 is 0. The van der Waals surface area contributed by atoms with Crippen LogP contribution in [0.1, 0.15) is 46.0 Å². The molecule has 0 aromatic rings. The molecule has 1 saturated carbocycles. The SMILES string of the molecule is CCCN(CCNC(C)C1CCCO1)C1CC1. The van der Waals surface area contributed by atoms with E-state index in [0.29, 0.717) is 12.1 Å². The molecule has 0 aromatic carbocycles. The van der Waals surface area contributed by atoms with E-state index in [4.69, 9.17) is 4.74 Å². The molecule has 1 aliphatic heterocycles. The van der Waals surface area contributed by atoms with E-state index in [1.165, 1.54) is 45.2 Å². The lowest BCUT2D eigenvalue weighted by Crippen LogP contribution is -2.42. The van der Waals surface area contributed by atoms with E-state index < -0.39 is 0 Å². The van der Waals surface area contributed by atoms with Crippen molar-refractivity contribution in [2.24, 2.45) is 0 Å². The van der Waals surface area contributed by atoms with Crippen molar-refractivity contribution in [3.8, 4) is 0 Å². The highest BCUT2D eigenvalue weighted by Crippen LogP contribution is 2.26. The standard InChI is InChI=1S/C14H28N2O/c1-3-9-16(13-6-7-13)10-8-15-12(2)14-5-4-11-17-14/h12-15H,3-11H2,1-2H3. The van der Waals surface area contributed by atoms with Crippen molar-refractivity contribution in [1.82, 2.24) is 10.2 Å². The Balaban J connectivity index is 1.60. The van der Waals surface area contributed by atoms with Gasteiger partial charge in [0.25, 0.3) is 0 Å². The molecular weight excluding hydrogens is 212 g/mol. The molecule has 0 aromatic heterocycles. The zero-order valence-corrected chi connectivity index (χ0v) is 11.5. The number of hydrogen-bond acceptors (Lipinski definition) is 3. The van der Waals surface area contributed by atoms with E-state index in [1.807, 2.05) is 0 Å². The minimum absolute atomic E-state index is 0.454. The number of hydrogen-bond donors (Lipinski definition) is 1. The lowest BCUT2D eigenvalue weighted by molar-refractivity contribution is 0.0825. The van der Waals surface area contributed by atoms with Gasteiger partial charge in [-0.25, -0.2) is 0 Å². The van der Waals surface area contributed by atoms with Crippen molar-refractivity contribution < 1.29 is 4.74 Å². The fourth-order valence-electron chi connectivity index (χ4n) is 2.77. The molecule has 2 fully saturated rings. The predicted molar refractivity (Wildman–Crippen MR) is 71.3 cm³/mol. The summed E-state index contributed by atoms with van der Waals surface area (Å²) in [5.41, 5.74) is 0. The summed E-state index contributed by atoms with van der Waals surface area (Å²) < 4.78 is 5.70. The third kappa shape index (κ3) is 4.23. The summed E-state index contributed by atoms with van der Waals surface area (Å²) in [6.45, 7) is 9.07. The first kappa shape index (κ1) is 13.3. The summed E-state index contributed by atoms with van der Waals surface area (Å²) in [4.78, 5) is 2.65. The van der Waals surface area contributed by atoms with Crippen molar-refractivity contribution in [2.75, 3.05) is 26.2 Å². The normalized spacial score (nSPS) is 26.6. The van der Waals surface area contributed by atoms with E-state index >= 15 is 0 Å². The van der Waals surface area contributed by atoms with Crippen LogP contribution in [0.4, 0.5) is 0 Å². The molecule has 2 rings (SSSR count). The van der Waals surface area contributed by atoms with Crippen molar-refractivity contribution in [3.05, 3.63) is 0 Å². The molecule has 100 valence electrons. The molecule has 1 saturated heterocycles. The Kier molecular flexibility index (Phi) is 5.26. The van der Waals surface area contributed by atoms with Gasteiger partial charge in [0.1, 0.15) is 0 Å². The number of rotatable bonds is 8. The maximum Gasteiger partial charge on any atom is 0.0726 e. The van der Waals surface area contributed by atoms with Crippen LogP contribution in [0.5, 0.6) is 0 Å². The molecule has 2 aliphatic rings. The molecule has 0 amide bonds. The minimum Gasteiger partial charge on any atom is -0.377 e. The summed E-state index contributed by atoms with van der Waals surface area (Å²) in [5, 5.41) is 3.63. The maximum atomic E-state index is 5.70. The Hall–Kier alpha value is -0.120. The van der Waals surface area contributed by atoms with Crippen molar-refractivity contribution in [1.29, 1.82) is 0 Å². The molecule has 0 bridgehead atoms. The van der Waals surface area contributed by atoms with E-state index in [-0.39, 0.29) is 0 Å². The van der Waals surface area contributed by atoms with Crippen LogP contribution >= 0.6 is 0 Å². The molecule has 17 heavy (non-hydrogen) atoms. The van der Waals surface area contributed by atoms with Crippen LogP contribution in [0.15, 0.2) is 0 Å². The Morgan fingerprint density at radius 2 is 2.12 bits per heavy atom. The zero-order chi connectivity index (χ0) is 12.1. The van der Waals surface area contributed by atoms with E-state index in [1.54, 1.807) is 0 Å². The van der Waals surface area contributed by atoms with E-state index in [9.17, 15) is 0 Å². The molecule has 1 aliphatic carbocycles. The fourth-order valence-corrected chi connectivity index (χ4v) is 2.77. The topological polar surface area (TPSA) is 24.5 Å². The Morgan fingerprint density at radius 3 is 2.71 bits per heavy atom. The molecule has 2 atom stereocenters. The van der Waals surface area contributed by atoms with Gasteiger partial charge >= 0.3 is 0 Å². The van der Waals surface area contributed by atoms with Gasteiger partial charge in [-0.05, 0) is 45.6 Å². The van der Waals surface area contributed by atoms with Gasteiger partial charge in [0.2, 0.25) is 0 Å². The second-order valence-electron chi connectivity index (χ2n) is 5.56. The first-order valence-corrected chi connectivity index (χ1v) is 7.40. The highest BCUT2D eigenvalue weighted by Gasteiger charge is 2.28. The fraction of sp³-hybridized carbons (Fsp3) is 1.00. The number of nitrogens with one attached hydrogen (secondary N) is 1. The predicted octanol–water partition coefficient (Wildman–Crippen LogP) is 2.02. The van der Waals surface area contributed by atoms with Crippen LogP contribution in [0.2, 0.25) is 0 Å². The van der Waals surface area contributed by atoms with Gasteiger partial charge < -0.3 is 10.1 Å². The average molecular weight is 240 g/mol. The Labute approximate surface area is 106 Å². The number of ether oxygens (including phenoxy) is 1. The van der Waals surface area contributed by atoms with Crippen LogP contribution in [0.3, 0.4) is 0 Å². The Morgan fingerprint density at radius 1 is 1.29 bits per heavy atom. The van der Waals surface area contributed by atoms with Gasteiger partial charge in [0.05, 0.1) is 6.10 Å². The van der Waals surface area contributed by atoms with Crippen LogP contribution in [-0.2, 0) is 4.74 Å². The molecule has 0 spiro atoms. The largest absolute Gasteiger partial charge is 0.377 e. The van der Waals surface area contributed by atoms with Gasteiger partial charge in [-0.1, -0.05) is 6.92 Å². The third-order valence-electron chi connectivity index (χ3n) is 3.96. The van der Waals surface area contributed by atoms with E-state index in [0.717, 1.165) is 19.2 Å². The monoisotopic (exact) mass is 240 g/mol. The van der Waals surface area contributed by atoms with Crippen molar-refractivity contribution in [2.45, 2.75) is 64.1 Å². The second kappa shape index (κ2) is 6.72. The smallest absolute Gasteiger partial charge is 0.0726 e. The molecule has 0 radical (unpaired) electrons. The van der Waals surface area contributed by atoms with Gasteiger partial charge in [-0.2, -0.15) is 0 Å². The molecule has 1 N–H and O–H groups in total. The first-order chi connectivity index (χ1) is 8.31. The maximum absolute atomic E-state index is 5.70. The number of nitrogens with zero attached hydrogens (tertiary/aromatic N) is 1. The van der Waals surface area contributed by atoms with Gasteiger partial charge in [-0.3, -0.25) is 4.90 Å². The lowest BCUT2D eigenvalue weighted by atomic mass is 10.1. The molecule has 3 heteroatoms. The van der Waals surface area contributed by atoms with Crippen molar-refractivity contribution >= 4 is 0 Å². The van der Waals surface area contributed by atoms with Crippen molar-refractivity contribution in [3.63, 3.8) is 0 Å². The minimum atomic E-state index is 0.454. The lowest BCUT2D eigenvalue weighted by Gasteiger charge is -2.24. The van der Waals surface area contributed by atoms with Crippen LogP contribution in [0, 0.1) is 0 Å². The summed E-state index contributed by atoms with van der Waals surface area (Å²) in [6, 6.07) is 1.41. The first-order valence-electron chi connectivity index (χ1n) is 7.40. The second-order valence-corrected chi connectivity index (χ2v) is 5.56. The summed E-state index contributed by atoms with van der Waals surface area (Å²) in [7, 11) is 0. The highest BCUT2D eigenvalue weighted by molar-refractivity contribution is 4.85. The van der Waals surface area contributed by atoms with Crippen LogP contribution in [0.25, 0.3) is 0 Å². The zero-order valence-electron chi connectivity index (χ0n) is 11.5. The van der Waals surface area contributed by atoms with E-state index in [2.05, 4.69) is 24.1 Å². The highest BCUT2D eigenvalue weighted by atomic mass is 16.5. The molecule has 3 nitrogen and oxygen atoms in total. The molecular formula is C14H28N2O. The van der Waals surface area contributed by atoms with Gasteiger partial charge in [-0.15, -0.1) is 0 Å². The average Bonchev–Trinajstić information content (AvgIpc) is 3.02. The molecule has 2 unspecified atom stereocenters. The quantitative estimate of drug-likeness (QED) is 0.702. The van der Waals surface area contributed by atoms with Crippen LogP contribution < -0.4 is 5.32 Å².